The number of para-hydroxylation sites is 2. The average Bonchev–Trinajstić information content (AvgIpc) is 3.21. The number of hydrogen-bond acceptors (Lipinski definition) is 6. The molecule has 0 spiro atoms. The molecule has 2 heterocycles. The van der Waals surface area contributed by atoms with Gasteiger partial charge in [-0.25, -0.2) is 13.1 Å². The van der Waals surface area contributed by atoms with Gasteiger partial charge in [-0.15, -0.1) is 0 Å². The van der Waals surface area contributed by atoms with E-state index < -0.39 is 10.0 Å². The molecule has 0 aliphatic carbocycles. The molecule has 1 fully saturated rings. The molecule has 1 unspecified atom stereocenters. The predicted octanol–water partition coefficient (Wildman–Crippen LogP) is 2.27. The van der Waals surface area contributed by atoms with E-state index in [2.05, 4.69) is 9.62 Å². The Labute approximate surface area is 165 Å². The number of benzene rings is 2. The first kappa shape index (κ1) is 18.9. The largest absolute Gasteiger partial charge is 0.495 e. The minimum absolute atomic E-state index is 0.191. The van der Waals surface area contributed by atoms with E-state index in [-0.39, 0.29) is 10.8 Å². The molecule has 8 heteroatoms. The van der Waals surface area contributed by atoms with Crippen molar-refractivity contribution in [1.29, 1.82) is 0 Å². The summed E-state index contributed by atoms with van der Waals surface area (Å²) in [5.41, 5.74) is 1.04. The summed E-state index contributed by atoms with van der Waals surface area (Å²) < 4.78 is 44.5. The van der Waals surface area contributed by atoms with Gasteiger partial charge >= 0.3 is 0 Å². The van der Waals surface area contributed by atoms with Crippen LogP contribution in [0.4, 0.5) is 5.69 Å². The number of hydrogen-bond donors (Lipinski definition) is 1. The van der Waals surface area contributed by atoms with Gasteiger partial charge in [-0.05, 0) is 36.6 Å². The molecule has 0 saturated carbocycles. The van der Waals surface area contributed by atoms with Crippen molar-refractivity contribution < 1.29 is 22.6 Å². The highest BCUT2D eigenvalue weighted by Gasteiger charge is 2.27. The third-order valence-corrected chi connectivity index (χ3v) is 6.52. The molecule has 1 atom stereocenters. The van der Waals surface area contributed by atoms with Crippen molar-refractivity contribution in [2.75, 3.05) is 44.9 Å². The highest BCUT2D eigenvalue weighted by molar-refractivity contribution is 7.89. The highest BCUT2D eigenvalue weighted by atomic mass is 32.2. The van der Waals surface area contributed by atoms with Crippen LogP contribution in [0.5, 0.6) is 17.2 Å². The summed E-state index contributed by atoms with van der Waals surface area (Å²) in [5, 5.41) is 0. The maximum absolute atomic E-state index is 12.7. The van der Waals surface area contributed by atoms with Crippen molar-refractivity contribution in [3.8, 4) is 17.2 Å². The standard InChI is InChI=1S/C20H24N2O5S/c1-25-18-5-3-2-4-17(18)22-9-8-15(14-22)13-21-28(23,24)16-6-7-19-20(12-16)27-11-10-26-19/h2-7,12,15,21H,8-11,13-14H2,1H3. The number of nitrogens with one attached hydrogen (secondary N) is 1. The molecular weight excluding hydrogens is 380 g/mol. The Balaban J connectivity index is 1.39. The molecule has 2 aliphatic heterocycles. The average molecular weight is 404 g/mol. The summed E-state index contributed by atoms with van der Waals surface area (Å²) in [5.74, 6) is 2.11. The Hall–Kier alpha value is -2.45. The molecule has 0 bridgehead atoms. The van der Waals surface area contributed by atoms with E-state index in [1.165, 1.54) is 6.07 Å². The zero-order chi connectivity index (χ0) is 19.6. The van der Waals surface area contributed by atoms with E-state index in [1.54, 1.807) is 19.2 Å². The van der Waals surface area contributed by atoms with E-state index in [0.29, 0.717) is 31.3 Å². The number of nitrogens with zero attached hydrogens (tertiary/aromatic N) is 1. The first-order valence-corrected chi connectivity index (χ1v) is 10.8. The summed E-state index contributed by atoms with van der Waals surface area (Å²) in [6.45, 7) is 2.94. The topological polar surface area (TPSA) is 77.1 Å². The van der Waals surface area contributed by atoms with Crippen LogP contribution in [0.15, 0.2) is 47.4 Å². The summed E-state index contributed by atoms with van der Waals surface area (Å²) in [6.07, 6.45) is 0.918. The van der Waals surface area contributed by atoms with Crippen molar-refractivity contribution in [2.24, 2.45) is 5.92 Å². The zero-order valence-electron chi connectivity index (χ0n) is 15.8. The number of methoxy groups -OCH3 is 1. The predicted molar refractivity (Wildman–Crippen MR) is 106 cm³/mol. The summed E-state index contributed by atoms with van der Waals surface area (Å²) in [7, 11) is -1.94. The van der Waals surface area contributed by atoms with Crippen molar-refractivity contribution >= 4 is 15.7 Å². The van der Waals surface area contributed by atoms with Crippen LogP contribution >= 0.6 is 0 Å². The van der Waals surface area contributed by atoms with Crippen LogP contribution in [0.3, 0.4) is 0 Å². The van der Waals surface area contributed by atoms with Crippen molar-refractivity contribution in [3.05, 3.63) is 42.5 Å². The Morgan fingerprint density at radius 1 is 1.14 bits per heavy atom. The van der Waals surface area contributed by atoms with E-state index >= 15 is 0 Å². The zero-order valence-corrected chi connectivity index (χ0v) is 16.6. The van der Waals surface area contributed by atoms with Crippen LogP contribution in [-0.2, 0) is 10.0 Å². The fourth-order valence-corrected chi connectivity index (χ4v) is 4.74. The van der Waals surface area contributed by atoms with Crippen LogP contribution in [0, 0.1) is 5.92 Å². The lowest BCUT2D eigenvalue weighted by atomic mass is 10.1. The lowest BCUT2D eigenvalue weighted by molar-refractivity contribution is 0.171. The monoisotopic (exact) mass is 404 g/mol. The minimum Gasteiger partial charge on any atom is -0.495 e. The maximum atomic E-state index is 12.7. The fourth-order valence-electron chi connectivity index (χ4n) is 3.61. The van der Waals surface area contributed by atoms with Gasteiger partial charge in [-0.3, -0.25) is 0 Å². The van der Waals surface area contributed by atoms with E-state index in [0.717, 1.165) is 30.9 Å². The van der Waals surface area contributed by atoms with E-state index in [4.69, 9.17) is 14.2 Å². The van der Waals surface area contributed by atoms with Crippen molar-refractivity contribution in [2.45, 2.75) is 11.3 Å². The second-order valence-corrected chi connectivity index (χ2v) is 8.70. The fraction of sp³-hybridized carbons (Fsp3) is 0.400. The first-order valence-electron chi connectivity index (χ1n) is 9.34. The lowest BCUT2D eigenvalue weighted by Crippen LogP contribution is -2.31. The van der Waals surface area contributed by atoms with Gasteiger partial charge in [0.15, 0.2) is 11.5 Å². The highest BCUT2D eigenvalue weighted by Crippen LogP contribution is 2.33. The molecule has 2 aromatic rings. The Kier molecular flexibility index (Phi) is 5.32. The number of sulfonamides is 1. The molecule has 150 valence electrons. The van der Waals surface area contributed by atoms with Gasteiger partial charge in [-0.2, -0.15) is 0 Å². The molecule has 4 rings (SSSR count). The van der Waals surface area contributed by atoms with Gasteiger partial charge in [0.05, 0.1) is 17.7 Å². The van der Waals surface area contributed by atoms with Gasteiger partial charge in [0.2, 0.25) is 10.0 Å². The Morgan fingerprint density at radius 2 is 1.93 bits per heavy atom. The van der Waals surface area contributed by atoms with Crippen LogP contribution in [0.1, 0.15) is 6.42 Å². The molecule has 0 radical (unpaired) electrons. The molecule has 7 nitrogen and oxygen atoms in total. The second kappa shape index (κ2) is 7.89. The summed E-state index contributed by atoms with van der Waals surface area (Å²) in [4.78, 5) is 2.43. The van der Waals surface area contributed by atoms with Gasteiger partial charge in [-0.1, -0.05) is 12.1 Å². The lowest BCUT2D eigenvalue weighted by Gasteiger charge is -2.21. The van der Waals surface area contributed by atoms with Crippen molar-refractivity contribution in [3.63, 3.8) is 0 Å². The number of ether oxygens (including phenoxy) is 3. The van der Waals surface area contributed by atoms with Gasteiger partial charge < -0.3 is 19.1 Å². The van der Waals surface area contributed by atoms with Crippen LogP contribution < -0.4 is 23.8 Å². The molecule has 2 aromatic carbocycles. The van der Waals surface area contributed by atoms with Gasteiger partial charge in [0.1, 0.15) is 19.0 Å². The molecule has 0 amide bonds. The van der Waals surface area contributed by atoms with Crippen molar-refractivity contribution in [1.82, 2.24) is 4.72 Å². The second-order valence-electron chi connectivity index (χ2n) is 6.93. The van der Waals surface area contributed by atoms with Gasteiger partial charge in [0.25, 0.3) is 0 Å². The smallest absolute Gasteiger partial charge is 0.240 e. The van der Waals surface area contributed by atoms with E-state index in [1.807, 2.05) is 24.3 Å². The molecule has 28 heavy (non-hydrogen) atoms. The first-order chi connectivity index (χ1) is 13.6. The summed E-state index contributed by atoms with van der Waals surface area (Å²) in [6, 6.07) is 12.6. The van der Waals surface area contributed by atoms with E-state index in [9.17, 15) is 8.42 Å². The number of fused-ring (bicyclic) bond motifs is 1. The molecular formula is C20H24N2O5S. The third kappa shape index (κ3) is 3.88. The Bertz CT molecular complexity index is 947. The SMILES string of the molecule is COc1ccccc1N1CCC(CNS(=O)(=O)c2ccc3c(c2)OCCO3)C1. The molecule has 2 aliphatic rings. The number of anilines is 1. The quantitative estimate of drug-likeness (QED) is 0.796. The Morgan fingerprint density at radius 3 is 2.75 bits per heavy atom. The molecule has 1 N–H and O–H groups in total. The molecule has 0 aromatic heterocycles. The van der Waals surface area contributed by atoms with Crippen LogP contribution in [-0.4, -0.2) is 48.4 Å². The normalized spacial score (nSPS) is 18.9. The summed E-state index contributed by atoms with van der Waals surface area (Å²) >= 11 is 0. The third-order valence-electron chi connectivity index (χ3n) is 5.10. The number of rotatable bonds is 6. The van der Waals surface area contributed by atoms with Gasteiger partial charge in [0, 0.05) is 25.7 Å². The minimum atomic E-state index is -3.60. The van der Waals surface area contributed by atoms with Crippen LogP contribution in [0.2, 0.25) is 0 Å². The maximum Gasteiger partial charge on any atom is 0.240 e. The van der Waals surface area contributed by atoms with Crippen LogP contribution in [0.25, 0.3) is 0 Å². The molecule has 1 saturated heterocycles.